The third-order valence-corrected chi connectivity index (χ3v) is 2.95. The number of hydrogen-bond donors (Lipinski definition) is 1. The van der Waals surface area contributed by atoms with E-state index in [0.29, 0.717) is 22.7 Å². The Morgan fingerprint density at radius 1 is 1.19 bits per heavy atom. The molecule has 1 aromatic heterocycles. The van der Waals surface area contributed by atoms with Crippen LogP contribution < -0.4 is 5.32 Å². The summed E-state index contributed by atoms with van der Waals surface area (Å²) >= 11 is 0. The summed E-state index contributed by atoms with van der Waals surface area (Å²) in [6.07, 6.45) is -0.195. The fourth-order valence-electron chi connectivity index (χ4n) is 2.02. The van der Waals surface area contributed by atoms with E-state index in [4.69, 9.17) is 9.68 Å². The summed E-state index contributed by atoms with van der Waals surface area (Å²) in [7, 11) is 0. The predicted molar refractivity (Wildman–Crippen MR) is 78.3 cm³/mol. The normalized spacial score (nSPS) is 10.2. The van der Waals surface area contributed by atoms with E-state index < -0.39 is 0 Å². The summed E-state index contributed by atoms with van der Waals surface area (Å²) in [5.74, 6) is 0.127. The number of nitriles is 1. The number of anilines is 1. The van der Waals surface area contributed by atoms with Gasteiger partial charge >= 0.3 is 0 Å². The Bertz CT molecular complexity index is 832. The second kappa shape index (κ2) is 5.47. The van der Waals surface area contributed by atoms with Crippen molar-refractivity contribution in [3.8, 4) is 17.5 Å². The summed E-state index contributed by atoms with van der Waals surface area (Å²) in [6.45, 7) is 0. The van der Waals surface area contributed by atoms with E-state index in [-0.39, 0.29) is 12.3 Å². The van der Waals surface area contributed by atoms with Gasteiger partial charge in [0.15, 0.2) is 5.58 Å². The van der Waals surface area contributed by atoms with Crippen LogP contribution in [0.4, 0.5) is 5.69 Å². The van der Waals surface area contributed by atoms with Crippen molar-refractivity contribution in [3.63, 3.8) is 0 Å². The van der Waals surface area contributed by atoms with Crippen LogP contribution in [0.25, 0.3) is 22.6 Å². The third kappa shape index (κ3) is 2.60. The van der Waals surface area contributed by atoms with E-state index in [0.717, 1.165) is 5.56 Å². The van der Waals surface area contributed by atoms with Gasteiger partial charge in [0.1, 0.15) is 11.9 Å². The van der Waals surface area contributed by atoms with Crippen LogP contribution in [0, 0.1) is 11.3 Å². The van der Waals surface area contributed by atoms with E-state index in [1.54, 1.807) is 18.2 Å². The zero-order valence-corrected chi connectivity index (χ0v) is 11.0. The number of aromatic nitrogens is 1. The first kappa shape index (κ1) is 12.9. The lowest BCUT2D eigenvalue weighted by molar-refractivity contribution is -0.115. The molecular weight excluding hydrogens is 266 g/mol. The van der Waals surface area contributed by atoms with Gasteiger partial charge in [-0.3, -0.25) is 4.79 Å². The number of nitrogens with one attached hydrogen (secondary N) is 1. The van der Waals surface area contributed by atoms with Crippen LogP contribution in [-0.2, 0) is 4.79 Å². The Labute approximate surface area is 120 Å². The van der Waals surface area contributed by atoms with Crippen molar-refractivity contribution in [1.82, 2.24) is 4.98 Å². The van der Waals surface area contributed by atoms with Crippen molar-refractivity contribution in [3.05, 3.63) is 48.5 Å². The molecule has 0 aliphatic carbocycles. The van der Waals surface area contributed by atoms with Gasteiger partial charge in [-0.15, -0.1) is 0 Å². The fourth-order valence-corrected chi connectivity index (χ4v) is 2.02. The summed E-state index contributed by atoms with van der Waals surface area (Å²) in [5, 5.41) is 11.2. The molecule has 102 valence electrons. The molecule has 21 heavy (non-hydrogen) atoms. The highest BCUT2D eigenvalue weighted by atomic mass is 16.3. The molecule has 3 aromatic rings. The highest BCUT2D eigenvalue weighted by molar-refractivity contribution is 6.00. The zero-order valence-electron chi connectivity index (χ0n) is 11.0. The number of carbonyl (C=O) groups excluding carboxylic acids is 1. The minimum absolute atomic E-state index is 0.195. The van der Waals surface area contributed by atoms with Gasteiger partial charge in [0, 0.05) is 5.56 Å². The Morgan fingerprint density at radius 3 is 2.76 bits per heavy atom. The molecule has 5 nitrogen and oxygen atoms in total. The number of rotatable bonds is 3. The quantitative estimate of drug-likeness (QED) is 0.796. The highest BCUT2D eigenvalue weighted by Crippen LogP contribution is 2.28. The van der Waals surface area contributed by atoms with Crippen LogP contribution >= 0.6 is 0 Å². The van der Waals surface area contributed by atoms with Gasteiger partial charge in [0.2, 0.25) is 11.8 Å². The van der Waals surface area contributed by atoms with Gasteiger partial charge in [0.05, 0.1) is 11.8 Å². The number of carbonyl (C=O) groups is 1. The van der Waals surface area contributed by atoms with Crippen LogP contribution in [0.3, 0.4) is 0 Å². The monoisotopic (exact) mass is 277 g/mol. The van der Waals surface area contributed by atoms with Gasteiger partial charge in [0.25, 0.3) is 0 Å². The van der Waals surface area contributed by atoms with Crippen molar-refractivity contribution < 1.29 is 9.21 Å². The average Bonchev–Trinajstić information content (AvgIpc) is 2.94. The maximum atomic E-state index is 11.5. The SMILES string of the molecule is N#CCC(=O)Nc1cccc2oc(-c3ccccc3)nc12. The van der Waals surface area contributed by atoms with Crippen LogP contribution in [0.1, 0.15) is 6.42 Å². The van der Waals surface area contributed by atoms with E-state index in [1.165, 1.54) is 0 Å². The first-order valence-corrected chi connectivity index (χ1v) is 6.40. The number of fused-ring (bicyclic) bond motifs is 1. The number of oxazole rings is 1. The first-order chi connectivity index (χ1) is 10.3. The number of amides is 1. The molecule has 0 spiro atoms. The average molecular weight is 277 g/mol. The number of benzene rings is 2. The molecule has 0 aliphatic rings. The van der Waals surface area contributed by atoms with E-state index in [1.807, 2.05) is 36.4 Å². The maximum absolute atomic E-state index is 11.5. The molecule has 0 fully saturated rings. The molecule has 2 aromatic carbocycles. The van der Waals surface area contributed by atoms with Gasteiger partial charge in [-0.05, 0) is 24.3 Å². The van der Waals surface area contributed by atoms with Crippen LogP contribution in [0.2, 0.25) is 0 Å². The van der Waals surface area contributed by atoms with Gasteiger partial charge < -0.3 is 9.73 Å². The molecule has 5 heteroatoms. The molecule has 0 saturated carbocycles. The molecule has 0 bridgehead atoms. The minimum atomic E-state index is -0.366. The van der Waals surface area contributed by atoms with E-state index in [2.05, 4.69) is 10.3 Å². The van der Waals surface area contributed by atoms with Gasteiger partial charge in [-0.1, -0.05) is 24.3 Å². The number of hydrogen-bond acceptors (Lipinski definition) is 4. The summed E-state index contributed by atoms with van der Waals surface area (Å²) in [5.41, 5.74) is 2.56. The second-order valence-electron chi connectivity index (χ2n) is 4.42. The van der Waals surface area contributed by atoms with Gasteiger partial charge in [-0.25, -0.2) is 4.98 Å². The number of para-hydroxylation sites is 1. The van der Waals surface area contributed by atoms with Gasteiger partial charge in [-0.2, -0.15) is 5.26 Å². The lowest BCUT2D eigenvalue weighted by Gasteiger charge is -2.01. The van der Waals surface area contributed by atoms with Crippen molar-refractivity contribution in [2.24, 2.45) is 0 Å². The predicted octanol–water partition coefficient (Wildman–Crippen LogP) is 3.35. The van der Waals surface area contributed by atoms with Crippen molar-refractivity contribution in [2.75, 3.05) is 5.32 Å². The molecule has 0 unspecified atom stereocenters. The minimum Gasteiger partial charge on any atom is -0.436 e. The summed E-state index contributed by atoms with van der Waals surface area (Å²) in [4.78, 5) is 16.0. The van der Waals surface area contributed by atoms with Crippen LogP contribution in [0.5, 0.6) is 0 Å². The van der Waals surface area contributed by atoms with E-state index in [9.17, 15) is 4.79 Å². The Kier molecular flexibility index (Phi) is 3.36. The molecule has 1 N–H and O–H groups in total. The topological polar surface area (TPSA) is 78.9 Å². The first-order valence-electron chi connectivity index (χ1n) is 6.40. The molecule has 1 amide bonds. The summed E-state index contributed by atoms with van der Waals surface area (Å²) < 4.78 is 5.71. The van der Waals surface area contributed by atoms with Crippen LogP contribution in [0.15, 0.2) is 52.9 Å². The Hall–Kier alpha value is -3.13. The standard InChI is InChI=1S/C16H11N3O2/c17-10-9-14(20)18-12-7-4-8-13-15(12)19-16(21-13)11-5-2-1-3-6-11/h1-8H,9H2,(H,18,20). The zero-order chi connectivity index (χ0) is 14.7. The Balaban J connectivity index is 2.02. The molecule has 0 radical (unpaired) electrons. The van der Waals surface area contributed by atoms with Crippen molar-refractivity contribution in [1.29, 1.82) is 5.26 Å². The second-order valence-corrected chi connectivity index (χ2v) is 4.42. The largest absolute Gasteiger partial charge is 0.436 e. The van der Waals surface area contributed by atoms with Crippen molar-refractivity contribution in [2.45, 2.75) is 6.42 Å². The lowest BCUT2D eigenvalue weighted by atomic mass is 10.2. The van der Waals surface area contributed by atoms with Crippen LogP contribution in [-0.4, -0.2) is 10.9 Å². The molecule has 0 atom stereocenters. The smallest absolute Gasteiger partial charge is 0.238 e. The highest BCUT2D eigenvalue weighted by Gasteiger charge is 2.12. The number of nitrogens with zero attached hydrogens (tertiary/aromatic N) is 2. The molecule has 0 aliphatic heterocycles. The van der Waals surface area contributed by atoms with Crippen molar-refractivity contribution >= 4 is 22.7 Å². The summed E-state index contributed by atoms with van der Waals surface area (Å²) in [6, 6.07) is 16.6. The fraction of sp³-hybridized carbons (Fsp3) is 0.0625. The molecule has 0 saturated heterocycles. The third-order valence-electron chi connectivity index (χ3n) is 2.95. The Morgan fingerprint density at radius 2 is 2.00 bits per heavy atom. The molecule has 1 heterocycles. The lowest BCUT2D eigenvalue weighted by Crippen LogP contribution is -2.10. The van der Waals surface area contributed by atoms with E-state index >= 15 is 0 Å². The molecular formula is C16H11N3O2. The maximum Gasteiger partial charge on any atom is 0.238 e. The molecule has 3 rings (SSSR count).